The van der Waals surface area contributed by atoms with Crippen molar-refractivity contribution < 1.29 is 14.0 Å². The first kappa shape index (κ1) is 12.5. The second-order valence-electron chi connectivity index (χ2n) is 4.55. The third-order valence-corrected chi connectivity index (χ3v) is 6.70. The molecule has 0 aromatic rings. The van der Waals surface area contributed by atoms with E-state index in [-0.39, 0.29) is 5.04 Å². The van der Waals surface area contributed by atoms with Crippen LogP contribution in [0.1, 0.15) is 27.7 Å². The van der Waals surface area contributed by atoms with Gasteiger partial charge in [0, 0.05) is 0 Å². The van der Waals surface area contributed by atoms with E-state index in [1.165, 1.54) is 0 Å². The Bertz CT molecular complexity index is 182. The number of rotatable bonds is 2. The van der Waals surface area contributed by atoms with E-state index >= 15 is 0 Å². The van der Waals surface area contributed by atoms with Crippen LogP contribution in [0.25, 0.3) is 0 Å². The molecule has 0 N–H and O–H groups in total. The largest absolute Gasteiger partial charge is 0.494 e. The molecule has 13 heavy (non-hydrogen) atoms. The van der Waals surface area contributed by atoms with E-state index in [1.54, 1.807) is 6.92 Å². The average molecular weight is 204 g/mol. The van der Waals surface area contributed by atoms with Gasteiger partial charge in [-0.1, -0.05) is 20.8 Å². The highest BCUT2D eigenvalue weighted by molar-refractivity contribution is 6.75. The predicted octanol–water partition coefficient (Wildman–Crippen LogP) is 3.16. The van der Waals surface area contributed by atoms with Crippen LogP contribution in [0, 0.1) is 0 Å². The first-order valence-corrected chi connectivity index (χ1v) is 7.47. The fourth-order valence-corrected chi connectivity index (χ4v) is 1.29. The van der Waals surface area contributed by atoms with Gasteiger partial charge in [0.1, 0.15) is 0 Å². The zero-order chi connectivity index (χ0) is 10.7. The third kappa shape index (κ3) is 3.80. The molecule has 0 unspecified atom stereocenters. The van der Waals surface area contributed by atoms with Crippen LogP contribution in [-0.2, 0) is 9.16 Å². The summed E-state index contributed by atoms with van der Waals surface area (Å²) in [4.78, 5) is 11.1. The molecule has 0 aliphatic rings. The van der Waals surface area contributed by atoms with E-state index in [0.29, 0.717) is 6.61 Å². The molecule has 0 aromatic heterocycles. The summed E-state index contributed by atoms with van der Waals surface area (Å²) in [6.45, 7) is 12.4. The number of carbonyl (C=O) groups excluding carboxylic acids is 1. The smallest absolute Gasteiger partial charge is 0.489 e. The molecule has 3 nitrogen and oxygen atoms in total. The van der Waals surface area contributed by atoms with Gasteiger partial charge in [-0.05, 0) is 25.1 Å². The average Bonchev–Trinajstić information content (AvgIpc) is 1.83. The van der Waals surface area contributed by atoms with Crippen LogP contribution < -0.4 is 0 Å². The molecule has 0 rings (SSSR count). The number of ether oxygens (including phenoxy) is 1. The summed E-state index contributed by atoms with van der Waals surface area (Å²) in [7, 11) is -1.98. The molecule has 0 saturated heterocycles. The fourth-order valence-electron chi connectivity index (χ4n) is 0.509. The van der Waals surface area contributed by atoms with Gasteiger partial charge in [-0.3, -0.25) is 0 Å². The van der Waals surface area contributed by atoms with Gasteiger partial charge in [0.15, 0.2) is 0 Å². The standard InChI is InChI=1S/C9H20O3Si/c1-7-11-8(10)12-13(5,6)9(2,3)4/h7H2,1-6H3. The van der Waals surface area contributed by atoms with Crippen molar-refractivity contribution in [1.29, 1.82) is 0 Å². The topological polar surface area (TPSA) is 35.5 Å². The molecule has 0 fully saturated rings. The lowest BCUT2D eigenvalue weighted by molar-refractivity contribution is 0.0994. The van der Waals surface area contributed by atoms with Gasteiger partial charge < -0.3 is 9.16 Å². The Hall–Kier alpha value is -0.513. The molecule has 4 heteroatoms. The Labute approximate surface area is 81.6 Å². The summed E-state index contributed by atoms with van der Waals surface area (Å²) in [5, 5.41) is 0.0414. The van der Waals surface area contributed by atoms with Crippen molar-refractivity contribution in [2.24, 2.45) is 0 Å². The van der Waals surface area contributed by atoms with Crippen LogP contribution in [-0.4, -0.2) is 21.1 Å². The predicted molar refractivity (Wildman–Crippen MR) is 55.3 cm³/mol. The zero-order valence-electron chi connectivity index (χ0n) is 9.43. The van der Waals surface area contributed by atoms with E-state index in [0.717, 1.165) is 0 Å². The maximum absolute atomic E-state index is 11.1. The SMILES string of the molecule is CCOC(=O)O[Si](C)(C)C(C)(C)C. The molecule has 0 aromatic carbocycles. The molecule has 0 atom stereocenters. The lowest BCUT2D eigenvalue weighted by Gasteiger charge is -2.34. The van der Waals surface area contributed by atoms with Crippen LogP contribution in [0.2, 0.25) is 18.1 Å². The Morgan fingerprint density at radius 1 is 1.31 bits per heavy atom. The Kier molecular flexibility index (Phi) is 3.97. The Morgan fingerprint density at radius 2 is 1.77 bits per heavy atom. The lowest BCUT2D eigenvalue weighted by atomic mass is 10.2. The maximum atomic E-state index is 11.1. The molecular weight excluding hydrogens is 184 g/mol. The van der Waals surface area contributed by atoms with Crippen molar-refractivity contribution in [3.05, 3.63) is 0 Å². The van der Waals surface area contributed by atoms with Gasteiger partial charge >= 0.3 is 6.16 Å². The molecule has 0 aliphatic carbocycles. The molecule has 0 amide bonds. The highest BCUT2D eigenvalue weighted by Crippen LogP contribution is 2.36. The molecular formula is C9H20O3Si. The first-order valence-electron chi connectivity index (χ1n) is 4.56. The summed E-state index contributed by atoms with van der Waals surface area (Å²) < 4.78 is 10.1. The highest BCUT2D eigenvalue weighted by atomic mass is 28.4. The molecule has 0 bridgehead atoms. The molecule has 0 aliphatic heterocycles. The molecule has 78 valence electrons. The third-order valence-electron chi connectivity index (χ3n) is 2.41. The number of hydrogen-bond acceptors (Lipinski definition) is 3. The maximum Gasteiger partial charge on any atom is 0.494 e. The molecule has 0 saturated carbocycles. The van der Waals surface area contributed by atoms with Crippen molar-refractivity contribution in [3.63, 3.8) is 0 Å². The molecule has 0 radical (unpaired) electrons. The summed E-state index contributed by atoms with van der Waals surface area (Å²) in [5.41, 5.74) is 0. The summed E-state index contributed by atoms with van der Waals surface area (Å²) >= 11 is 0. The van der Waals surface area contributed by atoms with Crippen molar-refractivity contribution in [3.8, 4) is 0 Å². The second-order valence-corrected chi connectivity index (χ2v) is 9.27. The monoisotopic (exact) mass is 204 g/mol. The fraction of sp³-hybridized carbons (Fsp3) is 0.889. The van der Waals surface area contributed by atoms with E-state index in [4.69, 9.17) is 9.16 Å². The molecule has 0 spiro atoms. The summed E-state index contributed by atoms with van der Waals surface area (Å²) in [6, 6.07) is 0. The minimum absolute atomic E-state index is 0.0414. The van der Waals surface area contributed by atoms with Gasteiger partial charge in [0.2, 0.25) is 0 Å². The van der Waals surface area contributed by atoms with Crippen LogP contribution in [0.5, 0.6) is 0 Å². The highest BCUT2D eigenvalue weighted by Gasteiger charge is 2.40. The van der Waals surface area contributed by atoms with Crippen LogP contribution in [0.3, 0.4) is 0 Å². The van der Waals surface area contributed by atoms with E-state index in [2.05, 4.69) is 20.8 Å². The van der Waals surface area contributed by atoms with Crippen molar-refractivity contribution in [2.75, 3.05) is 6.61 Å². The minimum Gasteiger partial charge on any atom is -0.489 e. The van der Waals surface area contributed by atoms with Crippen molar-refractivity contribution in [1.82, 2.24) is 0 Å². The zero-order valence-corrected chi connectivity index (χ0v) is 10.4. The number of carbonyl (C=O) groups is 1. The van der Waals surface area contributed by atoms with Gasteiger partial charge in [-0.2, -0.15) is 0 Å². The normalized spacial score (nSPS) is 12.5. The quantitative estimate of drug-likeness (QED) is 0.512. The van der Waals surface area contributed by atoms with E-state index in [9.17, 15) is 4.79 Å². The van der Waals surface area contributed by atoms with Gasteiger partial charge in [0.05, 0.1) is 6.61 Å². The van der Waals surface area contributed by atoms with Crippen LogP contribution in [0.15, 0.2) is 0 Å². The summed E-state index contributed by atoms with van der Waals surface area (Å²) in [6.07, 6.45) is -0.533. The van der Waals surface area contributed by atoms with Crippen LogP contribution >= 0.6 is 0 Å². The van der Waals surface area contributed by atoms with Gasteiger partial charge in [-0.15, -0.1) is 0 Å². The van der Waals surface area contributed by atoms with Gasteiger partial charge in [0.25, 0.3) is 8.32 Å². The van der Waals surface area contributed by atoms with E-state index in [1.807, 2.05) is 13.1 Å². The second kappa shape index (κ2) is 4.13. The van der Waals surface area contributed by atoms with Gasteiger partial charge in [-0.25, -0.2) is 4.79 Å². The molecule has 0 heterocycles. The lowest BCUT2D eigenvalue weighted by Crippen LogP contribution is -2.42. The number of hydrogen-bond donors (Lipinski definition) is 0. The van der Waals surface area contributed by atoms with E-state index < -0.39 is 14.5 Å². The van der Waals surface area contributed by atoms with Crippen molar-refractivity contribution >= 4 is 14.5 Å². The van der Waals surface area contributed by atoms with Crippen LogP contribution in [0.4, 0.5) is 4.79 Å². The Morgan fingerprint density at radius 3 is 2.08 bits per heavy atom. The summed E-state index contributed by atoms with van der Waals surface area (Å²) in [5.74, 6) is 0. The van der Waals surface area contributed by atoms with Crippen molar-refractivity contribution in [2.45, 2.75) is 45.8 Å². The Balaban J connectivity index is 4.26. The minimum atomic E-state index is -1.98. The first-order chi connectivity index (χ1) is 5.70.